The Labute approximate surface area is 123 Å². The van der Waals surface area contributed by atoms with Crippen molar-refractivity contribution in [2.24, 2.45) is 5.41 Å². The Balaban J connectivity index is 2.13. The molecule has 0 radical (unpaired) electrons. The van der Waals surface area contributed by atoms with Crippen LogP contribution in [0.25, 0.3) is 0 Å². The number of benzene rings is 1. The molecule has 0 saturated heterocycles. The molecular formula is C16H19NO4. The predicted molar refractivity (Wildman–Crippen MR) is 77.7 cm³/mol. The number of fused-ring (bicyclic) bond motifs is 1. The SMILES string of the molecule is C=CC(C)(CC)COC(=O)c1ccc2c(c1)C(=O)NC2O. The second-order valence-corrected chi connectivity index (χ2v) is 5.47. The average molecular weight is 289 g/mol. The highest BCUT2D eigenvalue weighted by molar-refractivity contribution is 6.01. The van der Waals surface area contributed by atoms with Crippen LogP contribution in [-0.4, -0.2) is 23.6 Å². The van der Waals surface area contributed by atoms with Crippen LogP contribution in [-0.2, 0) is 4.74 Å². The third kappa shape index (κ3) is 2.97. The van der Waals surface area contributed by atoms with Crippen molar-refractivity contribution in [1.82, 2.24) is 5.32 Å². The van der Waals surface area contributed by atoms with Crippen molar-refractivity contribution in [3.63, 3.8) is 0 Å². The Morgan fingerprint density at radius 1 is 1.57 bits per heavy atom. The molecule has 21 heavy (non-hydrogen) atoms. The van der Waals surface area contributed by atoms with Crippen LogP contribution >= 0.6 is 0 Å². The van der Waals surface area contributed by atoms with Crippen molar-refractivity contribution in [3.05, 3.63) is 47.5 Å². The van der Waals surface area contributed by atoms with Gasteiger partial charge in [-0.1, -0.05) is 26.0 Å². The normalized spacial score (nSPS) is 19.4. The van der Waals surface area contributed by atoms with Gasteiger partial charge in [-0.25, -0.2) is 4.79 Å². The summed E-state index contributed by atoms with van der Waals surface area (Å²) in [5.74, 6) is -0.884. The molecule has 112 valence electrons. The predicted octanol–water partition coefficient (Wildman–Crippen LogP) is 2.18. The van der Waals surface area contributed by atoms with Crippen LogP contribution in [0.3, 0.4) is 0 Å². The van der Waals surface area contributed by atoms with E-state index in [2.05, 4.69) is 11.9 Å². The van der Waals surface area contributed by atoms with Gasteiger partial charge in [0, 0.05) is 16.5 Å². The first kappa shape index (κ1) is 15.3. The monoisotopic (exact) mass is 289 g/mol. The highest BCUT2D eigenvalue weighted by Crippen LogP contribution is 2.26. The smallest absolute Gasteiger partial charge is 0.338 e. The van der Waals surface area contributed by atoms with Gasteiger partial charge >= 0.3 is 5.97 Å². The van der Waals surface area contributed by atoms with Crippen molar-refractivity contribution in [2.45, 2.75) is 26.5 Å². The molecule has 0 aromatic heterocycles. The summed E-state index contributed by atoms with van der Waals surface area (Å²) in [4.78, 5) is 23.7. The van der Waals surface area contributed by atoms with Gasteiger partial charge < -0.3 is 15.2 Å². The Hall–Kier alpha value is -2.14. The highest BCUT2D eigenvalue weighted by Gasteiger charge is 2.28. The van der Waals surface area contributed by atoms with Gasteiger partial charge in [-0.3, -0.25) is 4.79 Å². The Kier molecular flexibility index (Phi) is 4.14. The zero-order valence-corrected chi connectivity index (χ0v) is 12.2. The maximum Gasteiger partial charge on any atom is 0.338 e. The number of carbonyl (C=O) groups is 2. The van der Waals surface area contributed by atoms with Crippen molar-refractivity contribution < 1.29 is 19.4 Å². The zero-order valence-electron chi connectivity index (χ0n) is 12.2. The highest BCUT2D eigenvalue weighted by atomic mass is 16.5. The van der Waals surface area contributed by atoms with Crippen LogP contribution in [0, 0.1) is 5.41 Å². The number of carbonyl (C=O) groups excluding carboxylic acids is 2. The molecule has 1 heterocycles. The van der Waals surface area contributed by atoms with Crippen LogP contribution in [0.5, 0.6) is 0 Å². The molecular weight excluding hydrogens is 270 g/mol. The number of rotatable bonds is 5. The lowest BCUT2D eigenvalue weighted by Gasteiger charge is -2.23. The number of nitrogens with one attached hydrogen (secondary N) is 1. The summed E-state index contributed by atoms with van der Waals surface area (Å²) in [5, 5.41) is 12.0. The first-order valence-electron chi connectivity index (χ1n) is 6.84. The number of hydrogen-bond donors (Lipinski definition) is 2. The minimum Gasteiger partial charge on any atom is -0.461 e. The van der Waals surface area contributed by atoms with Gasteiger partial charge in [-0.2, -0.15) is 0 Å². The van der Waals surface area contributed by atoms with Gasteiger partial charge in [-0.05, 0) is 18.6 Å². The average Bonchev–Trinajstić information content (AvgIpc) is 2.79. The molecule has 1 amide bonds. The fourth-order valence-corrected chi connectivity index (χ4v) is 2.02. The molecule has 0 bridgehead atoms. The van der Waals surface area contributed by atoms with Crippen LogP contribution < -0.4 is 5.32 Å². The van der Waals surface area contributed by atoms with E-state index in [4.69, 9.17) is 4.74 Å². The molecule has 5 nitrogen and oxygen atoms in total. The molecule has 2 N–H and O–H groups in total. The van der Waals surface area contributed by atoms with Crippen LogP contribution in [0.2, 0.25) is 0 Å². The molecule has 1 aromatic rings. The van der Waals surface area contributed by atoms with Gasteiger partial charge in [0.2, 0.25) is 0 Å². The lowest BCUT2D eigenvalue weighted by atomic mass is 9.89. The van der Waals surface area contributed by atoms with Crippen LogP contribution in [0.1, 0.15) is 52.8 Å². The Morgan fingerprint density at radius 2 is 2.29 bits per heavy atom. The molecule has 5 heteroatoms. The maximum absolute atomic E-state index is 12.1. The first-order valence-corrected chi connectivity index (χ1v) is 6.84. The van der Waals surface area contributed by atoms with E-state index in [1.54, 1.807) is 18.2 Å². The molecule has 0 fully saturated rings. The summed E-state index contributed by atoms with van der Waals surface area (Å²) < 4.78 is 5.29. The minimum atomic E-state index is -1.01. The zero-order chi connectivity index (χ0) is 15.6. The summed E-state index contributed by atoms with van der Waals surface area (Å²) in [6, 6.07) is 4.54. The first-order chi connectivity index (χ1) is 9.90. The number of aliphatic hydroxyl groups excluding tert-OH is 1. The van der Waals surface area contributed by atoms with Crippen molar-refractivity contribution in [3.8, 4) is 0 Å². The van der Waals surface area contributed by atoms with E-state index in [9.17, 15) is 14.7 Å². The number of esters is 1. The second-order valence-electron chi connectivity index (χ2n) is 5.47. The molecule has 0 spiro atoms. The third-order valence-electron chi connectivity index (χ3n) is 3.93. The van der Waals surface area contributed by atoms with Gasteiger partial charge in [0.1, 0.15) is 6.61 Å². The van der Waals surface area contributed by atoms with E-state index in [1.807, 2.05) is 13.8 Å². The summed E-state index contributed by atoms with van der Waals surface area (Å²) in [6.07, 6.45) is 1.57. The maximum atomic E-state index is 12.1. The lowest BCUT2D eigenvalue weighted by molar-refractivity contribution is 0.0376. The third-order valence-corrected chi connectivity index (χ3v) is 3.93. The topological polar surface area (TPSA) is 75.6 Å². The van der Waals surface area contributed by atoms with E-state index in [-0.39, 0.29) is 12.0 Å². The number of hydrogen-bond acceptors (Lipinski definition) is 4. The molecule has 1 aromatic carbocycles. The fraction of sp³-hybridized carbons (Fsp3) is 0.375. The Bertz CT molecular complexity index is 596. The minimum absolute atomic E-state index is 0.234. The molecule has 2 unspecified atom stereocenters. The van der Waals surface area contributed by atoms with E-state index < -0.39 is 18.1 Å². The van der Waals surface area contributed by atoms with E-state index in [0.717, 1.165) is 6.42 Å². The second kappa shape index (κ2) is 5.69. The summed E-state index contributed by atoms with van der Waals surface area (Å²) in [7, 11) is 0. The van der Waals surface area contributed by atoms with Crippen molar-refractivity contribution in [1.29, 1.82) is 0 Å². The van der Waals surface area contributed by atoms with Crippen LogP contribution in [0.15, 0.2) is 30.9 Å². The van der Waals surface area contributed by atoms with E-state index in [1.165, 1.54) is 6.07 Å². The lowest BCUT2D eigenvalue weighted by Crippen LogP contribution is -2.22. The standard InChI is InChI=1S/C16H19NO4/c1-4-16(3,5-2)9-21-15(20)10-6-7-11-12(8-10)14(19)17-13(11)18/h4,6-8,13,18H,1,5,9H2,2-3H3,(H,17,19). The number of ether oxygens (including phenoxy) is 1. The number of amides is 1. The largest absolute Gasteiger partial charge is 0.461 e. The fourth-order valence-electron chi connectivity index (χ4n) is 2.02. The molecule has 2 rings (SSSR count). The van der Waals surface area contributed by atoms with Gasteiger partial charge in [0.05, 0.1) is 5.56 Å². The summed E-state index contributed by atoms with van der Waals surface area (Å²) in [6.45, 7) is 7.94. The van der Waals surface area contributed by atoms with Crippen LogP contribution in [0.4, 0.5) is 0 Å². The molecule has 0 aliphatic carbocycles. The molecule has 1 aliphatic rings. The van der Waals surface area contributed by atoms with Crippen molar-refractivity contribution >= 4 is 11.9 Å². The van der Waals surface area contributed by atoms with Gasteiger partial charge in [0.15, 0.2) is 6.23 Å². The van der Waals surface area contributed by atoms with E-state index >= 15 is 0 Å². The quantitative estimate of drug-likeness (QED) is 0.643. The number of aliphatic hydroxyl groups is 1. The van der Waals surface area contributed by atoms with Gasteiger partial charge in [0.25, 0.3) is 5.91 Å². The van der Waals surface area contributed by atoms with E-state index in [0.29, 0.717) is 16.7 Å². The van der Waals surface area contributed by atoms with Crippen molar-refractivity contribution in [2.75, 3.05) is 6.61 Å². The van der Waals surface area contributed by atoms with Gasteiger partial charge in [-0.15, -0.1) is 6.58 Å². The summed E-state index contributed by atoms with van der Waals surface area (Å²) >= 11 is 0. The molecule has 2 atom stereocenters. The molecule has 0 saturated carbocycles. The molecule has 1 aliphatic heterocycles. The Morgan fingerprint density at radius 3 is 2.90 bits per heavy atom. The summed E-state index contributed by atoms with van der Waals surface area (Å²) in [5.41, 5.74) is 0.806.